The predicted molar refractivity (Wildman–Crippen MR) is 86.3 cm³/mol. The van der Waals surface area contributed by atoms with Crippen molar-refractivity contribution in [2.24, 2.45) is 0 Å². The minimum Gasteiger partial charge on any atom is -0.387 e. The van der Waals surface area contributed by atoms with Gasteiger partial charge in [-0.25, -0.2) is 4.79 Å². The number of hydrogen-bond donors (Lipinski definition) is 3. The summed E-state index contributed by atoms with van der Waals surface area (Å²) in [5.41, 5.74) is 1.46. The molecule has 2 rings (SSSR count). The normalized spacial score (nSPS) is 11.6. The number of amides is 2. The summed E-state index contributed by atoms with van der Waals surface area (Å²) in [5.74, 6) is 0. The van der Waals surface area contributed by atoms with Gasteiger partial charge in [-0.1, -0.05) is 36.4 Å². The summed E-state index contributed by atoms with van der Waals surface area (Å²) in [5, 5.41) is 25.9. The van der Waals surface area contributed by atoms with Crippen molar-refractivity contribution in [2.45, 2.75) is 13.0 Å². The predicted octanol–water partition coefficient (Wildman–Crippen LogP) is 2.76. The van der Waals surface area contributed by atoms with Gasteiger partial charge in [0.15, 0.2) is 0 Å². The largest absolute Gasteiger partial charge is 0.387 e. The van der Waals surface area contributed by atoms with Crippen LogP contribution in [-0.2, 0) is 0 Å². The van der Waals surface area contributed by atoms with Crippen molar-refractivity contribution >= 4 is 17.4 Å². The molecule has 0 unspecified atom stereocenters. The molecule has 2 aromatic carbocycles. The van der Waals surface area contributed by atoms with Crippen LogP contribution in [0.25, 0.3) is 0 Å². The first-order chi connectivity index (χ1) is 11.0. The number of hydrogen-bond acceptors (Lipinski definition) is 4. The molecule has 0 heterocycles. The molecule has 3 N–H and O–H groups in total. The lowest BCUT2D eigenvalue weighted by Gasteiger charge is -2.13. The maximum absolute atomic E-state index is 11.8. The van der Waals surface area contributed by atoms with Crippen LogP contribution in [0.5, 0.6) is 0 Å². The average Bonchev–Trinajstić information content (AvgIpc) is 2.55. The maximum atomic E-state index is 11.8. The first kappa shape index (κ1) is 16.4. The van der Waals surface area contributed by atoms with Gasteiger partial charge in [0.25, 0.3) is 5.69 Å². The SMILES string of the molecule is Cc1ccc(NC(=O)NC[C@H](O)c2ccccc2)cc1[N+](=O)[O-]. The van der Waals surface area contributed by atoms with Crippen molar-refractivity contribution in [1.29, 1.82) is 0 Å². The second kappa shape index (κ2) is 7.37. The fourth-order valence-electron chi connectivity index (χ4n) is 2.04. The van der Waals surface area contributed by atoms with E-state index in [1.54, 1.807) is 43.3 Å². The van der Waals surface area contributed by atoms with Crippen LogP contribution in [0.2, 0.25) is 0 Å². The number of nitro groups is 1. The maximum Gasteiger partial charge on any atom is 0.319 e. The molecule has 120 valence electrons. The summed E-state index contributed by atoms with van der Waals surface area (Å²) in [4.78, 5) is 22.2. The third-order valence-corrected chi connectivity index (χ3v) is 3.30. The Hall–Kier alpha value is -2.93. The first-order valence-electron chi connectivity index (χ1n) is 7.00. The molecule has 0 saturated heterocycles. The molecule has 0 fully saturated rings. The lowest BCUT2D eigenvalue weighted by molar-refractivity contribution is -0.385. The lowest BCUT2D eigenvalue weighted by Crippen LogP contribution is -2.32. The Labute approximate surface area is 133 Å². The summed E-state index contributed by atoms with van der Waals surface area (Å²) < 4.78 is 0. The Kier molecular flexibility index (Phi) is 5.27. The van der Waals surface area contributed by atoms with Gasteiger partial charge in [0.1, 0.15) is 0 Å². The molecule has 0 aliphatic carbocycles. The molecule has 0 aliphatic rings. The highest BCUT2D eigenvalue weighted by Crippen LogP contribution is 2.22. The molecular weight excluding hydrogens is 298 g/mol. The van der Waals surface area contributed by atoms with Crippen LogP contribution in [0.1, 0.15) is 17.2 Å². The van der Waals surface area contributed by atoms with Crippen LogP contribution in [0, 0.1) is 17.0 Å². The fraction of sp³-hybridized carbons (Fsp3) is 0.188. The molecule has 0 radical (unpaired) electrons. The highest BCUT2D eigenvalue weighted by molar-refractivity contribution is 5.89. The summed E-state index contributed by atoms with van der Waals surface area (Å²) in [6.07, 6.45) is -0.825. The van der Waals surface area contributed by atoms with Gasteiger partial charge in [0.05, 0.1) is 11.0 Å². The van der Waals surface area contributed by atoms with E-state index in [-0.39, 0.29) is 12.2 Å². The van der Waals surface area contributed by atoms with Crippen LogP contribution in [0.4, 0.5) is 16.2 Å². The van der Waals surface area contributed by atoms with E-state index in [4.69, 9.17) is 0 Å². The zero-order valence-corrected chi connectivity index (χ0v) is 12.5. The van der Waals surface area contributed by atoms with Crippen LogP contribution in [0.3, 0.4) is 0 Å². The Bertz CT molecular complexity index is 704. The van der Waals surface area contributed by atoms with Gasteiger partial charge >= 0.3 is 6.03 Å². The van der Waals surface area contributed by atoms with Crippen molar-refractivity contribution < 1.29 is 14.8 Å². The first-order valence-corrected chi connectivity index (χ1v) is 7.00. The number of nitrogens with zero attached hydrogens (tertiary/aromatic N) is 1. The van der Waals surface area contributed by atoms with Gasteiger partial charge in [-0.05, 0) is 18.6 Å². The number of benzene rings is 2. The van der Waals surface area contributed by atoms with Gasteiger partial charge < -0.3 is 15.7 Å². The Morgan fingerprint density at radius 1 is 1.26 bits per heavy atom. The van der Waals surface area contributed by atoms with Gasteiger partial charge in [-0.3, -0.25) is 10.1 Å². The minimum atomic E-state index is -0.825. The summed E-state index contributed by atoms with van der Waals surface area (Å²) in [7, 11) is 0. The van der Waals surface area contributed by atoms with E-state index in [1.165, 1.54) is 6.07 Å². The molecule has 7 nitrogen and oxygen atoms in total. The van der Waals surface area contributed by atoms with E-state index in [0.29, 0.717) is 16.8 Å². The number of anilines is 1. The number of nitro benzene ring substituents is 1. The molecule has 0 aromatic heterocycles. The molecule has 2 amide bonds. The van der Waals surface area contributed by atoms with Crippen LogP contribution in [0.15, 0.2) is 48.5 Å². The summed E-state index contributed by atoms with van der Waals surface area (Å²) >= 11 is 0. The lowest BCUT2D eigenvalue weighted by atomic mass is 10.1. The van der Waals surface area contributed by atoms with Crippen molar-refractivity contribution in [3.05, 3.63) is 69.8 Å². The van der Waals surface area contributed by atoms with Crippen LogP contribution >= 0.6 is 0 Å². The molecular formula is C16H17N3O4. The molecule has 7 heteroatoms. The van der Waals surface area contributed by atoms with E-state index in [1.807, 2.05) is 6.07 Å². The monoisotopic (exact) mass is 315 g/mol. The molecule has 1 atom stereocenters. The Balaban J connectivity index is 1.92. The fourth-order valence-corrected chi connectivity index (χ4v) is 2.04. The smallest absolute Gasteiger partial charge is 0.319 e. The molecule has 23 heavy (non-hydrogen) atoms. The van der Waals surface area contributed by atoms with Gasteiger partial charge in [-0.2, -0.15) is 0 Å². The topological polar surface area (TPSA) is 104 Å². The van der Waals surface area contributed by atoms with E-state index in [9.17, 15) is 20.0 Å². The number of nitrogens with one attached hydrogen (secondary N) is 2. The quantitative estimate of drug-likeness (QED) is 0.583. The van der Waals surface area contributed by atoms with E-state index in [2.05, 4.69) is 10.6 Å². The number of rotatable bonds is 5. The number of carbonyl (C=O) groups excluding carboxylic acids is 1. The second-order valence-corrected chi connectivity index (χ2v) is 5.02. The Morgan fingerprint density at radius 2 is 1.96 bits per heavy atom. The van der Waals surface area contributed by atoms with Crippen LogP contribution in [-0.4, -0.2) is 22.6 Å². The number of aliphatic hydroxyl groups excluding tert-OH is 1. The van der Waals surface area contributed by atoms with E-state index < -0.39 is 17.1 Å². The van der Waals surface area contributed by atoms with Gasteiger partial charge in [0.2, 0.25) is 0 Å². The summed E-state index contributed by atoms with van der Waals surface area (Å²) in [6, 6.07) is 12.8. The molecule has 0 saturated carbocycles. The standard InChI is InChI=1S/C16H17N3O4/c1-11-7-8-13(9-14(11)19(22)23)18-16(21)17-10-15(20)12-5-3-2-4-6-12/h2-9,15,20H,10H2,1H3,(H2,17,18,21)/t15-/m0/s1. The third kappa shape index (κ3) is 4.52. The highest BCUT2D eigenvalue weighted by atomic mass is 16.6. The zero-order chi connectivity index (χ0) is 16.8. The second-order valence-electron chi connectivity index (χ2n) is 5.02. The van der Waals surface area contributed by atoms with Gasteiger partial charge in [-0.15, -0.1) is 0 Å². The van der Waals surface area contributed by atoms with Crippen molar-refractivity contribution in [2.75, 3.05) is 11.9 Å². The molecule has 0 aliphatic heterocycles. The highest BCUT2D eigenvalue weighted by Gasteiger charge is 2.13. The number of aryl methyl sites for hydroxylation is 1. The molecule has 0 spiro atoms. The molecule has 2 aromatic rings. The van der Waals surface area contributed by atoms with E-state index >= 15 is 0 Å². The Morgan fingerprint density at radius 3 is 2.61 bits per heavy atom. The number of urea groups is 1. The van der Waals surface area contributed by atoms with Gasteiger partial charge in [0, 0.05) is 23.9 Å². The van der Waals surface area contributed by atoms with Crippen molar-refractivity contribution in [1.82, 2.24) is 5.32 Å². The summed E-state index contributed by atoms with van der Waals surface area (Å²) in [6.45, 7) is 1.65. The van der Waals surface area contributed by atoms with Crippen molar-refractivity contribution in [3.63, 3.8) is 0 Å². The van der Waals surface area contributed by atoms with E-state index in [0.717, 1.165) is 0 Å². The third-order valence-electron chi connectivity index (χ3n) is 3.30. The molecule has 0 bridgehead atoms. The average molecular weight is 315 g/mol. The zero-order valence-electron chi connectivity index (χ0n) is 12.5. The van der Waals surface area contributed by atoms with Crippen molar-refractivity contribution in [3.8, 4) is 0 Å². The number of carbonyl (C=O) groups is 1. The minimum absolute atomic E-state index is 0.0315. The number of aliphatic hydroxyl groups is 1. The van der Waals surface area contributed by atoms with Crippen LogP contribution < -0.4 is 10.6 Å².